The van der Waals surface area contributed by atoms with Gasteiger partial charge in [0.1, 0.15) is 33.7 Å². The number of hydrogen-bond donors (Lipinski definition) is 1. The van der Waals surface area contributed by atoms with Crippen LogP contribution in [-0.2, 0) is 6.61 Å². The molecular weight excluding hydrogens is 427 g/mol. The van der Waals surface area contributed by atoms with Gasteiger partial charge >= 0.3 is 5.97 Å². The second kappa shape index (κ2) is 8.59. The summed E-state index contributed by atoms with van der Waals surface area (Å²) < 4.78 is 22.9. The fraction of sp³-hybridized carbons (Fsp3) is 0.200. The Kier molecular flexibility index (Phi) is 5.49. The van der Waals surface area contributed by atoms with Crippen LogP contribution in [0.2, 0.25) is 0 Å². The lowest BCUT2D eigenvalue weighted by atomic mass is 10.0. The summed E-state index contributed by atoms with van der Waals surface area (Å²) in [5.74, 6) is -0.452. The lowest BCUT2D eigenvalue weighted by Crippen LogP contribution is -2.11. The van der Waals surface area contributed by atoms with E-state index in [2.05, 4.69) is 17.1 Å². The largest absolute Gasteiger partial charge is 0.489 e. The Bertz CT molecular complexity index is 1310. The van der Waals surface area contributed by atoms with Crippen LogP contribution < -0.4 is 4.74 Å². The van der Waals surface area contributed by atoms with Crippen molar-refractivity contribution < 1.29 is 19.0 Å². The molecular formula is C25H21FN2O3S. The van der Waals surface area contributed by atoms with Gasteiger partial charge in [-0.05, 0) is 43.0 Å². The average molecular weight is 449 g/mol. The molecule has 0 saturated heterocycles. The smallest absolute Gasteiger partial charge is 0.346 e. The third-order valence-corrected chi connectivity index (χ3v) is 6.60. The van der Waals surface area contributed by atoms with Crippen molar-refractivity contribution in [1.29, 1.82) is 0 Å². The number of fused-ring (bicyclic) bond motifs is 1. The van der Waals surface area contributed by atoms with Crippen LogP contribution in [0.5, 0.6) is 5.75 Å². The molecule has 0 radical (unpaired) electrons. The van der Waals surface area contributed by atoms with Gasteiger partial charge in [-0.2, -0.15) is 0 Å². The van der Waals surface area contributed by atoms with E-state index < -0.39 is 11.8 Å². The van der Waals surface area contributed by atoms with Gasteiger partial charge in [-0.15, -0.1) is 11.3 Å². The number of nitrogens with zero attached hydrogens (tertiary/aromatic N) is 2. The van der Waals surface area contributed by atoms with Crippen LogP contribution in [0.4, 0.5) is 4.39 Å². The predicted octanol–water partition coefficient (Wildman–Crippen LogP) is 6.46. The summed E-state index contributed by atoms with van der Waals surface area (Å²) in [6.07, 6.45) is 7.14. The molecule has 2 aromatic carbocycles. The summed E-state index contributed by atoms with van der Waals surface area (Å²) >= 11 is 1.11. The fourth-order valence-electron chi connectivity index (χ4n) is 4.04. The zero-order valence-corrected chi connectivity index (χ0v) is 18.0. The van der Waals surface area contributed by atoms with E-state index in [1.54, 1.807) is 18.2 Å². The molecule has 0 saturated carbocycles. The molecule has 162 valence electrons. The van der Waals surface area contributed by atoms with Crippen molar-refractivity contribution in [3.05, 3.63) is 83.0 Å². The Morgan fingerprint density at radius 3 is 2.78 bits per heavy atom. The standard InChI is InChI=1S/C25H21FN2O3S/c26-20-13-18(31-15-16-7-3-1-4-8-16)11-12-19(20)23-27-24-21(14-22(32-24)25(29)30)28(23)17-9-5-2-6-10-17/h1,3-5,7-9,11-14,17H,2,6,10,15H2,(H,29,30). The molecule has 0 amide bonds. The second-order valence-corrected chi connectivity index (χ2v) is 8.78. The molecule has 5 rings (SSSR count). The predicted molar refractivity (Wildman–Crippen MR) is 123 cm³/mol. The van der Waals surface area contributed by atoms with Gasteiger partial charge in [-0.3, -0.25) is 0 Å². The number of carboxylic acids is 1. The van der Waals surface area contributed by atoms with Crippen LogP contribution in [0.15, 0.2) is 66.7 Å². The van der Waals surface area contributed by atoms with Gasteiger partial charge in [-0.25, -0.2) is 14.2 Å². The fourth-order valence-corrected chi connectivity index (χ4v) is 4.90. The number of rotatable bonds is 6. The molecule has 1 atom stereocenters. The first-order valence-corrected chi connectivity index (χ1v) is 11.3. The Hall–Kier alpha value is -3.45. The number of aromatic nitrogens is 2. The van der Waals surface area contributed by atoms with Crippen molar-refractivity contribution in [2.45, 2.75) is 31.9 Å². The zero-order valence-electron chi connectivity index (χ0n) is 17.2. The molecule has 1 aliphatic rings. The molecule has 1 N–H and O–H groups in total. The first-order valence-electron chi connectivity index (χ1n) is 10.5. The number of imidazole rings is 1. The molecule has 0 fully saturated rings. The molecule has 2 heterocycles. The van der Waals surface area contributed by atoms with Crippen molar-refractivity contribution in [1.82, 2.24) is 9.55 Å². The van der Waals surface area contributed by atoms with Crippen LogP contribution >= 0.6 is 11.3 Å². The highest BCUT2D eigenvalue weighted by Crippen LogP contribution is 2.38. The Labute approximate surface area is 188 Å². The first-order chi connectivity index (χ1) is 15.6. The first kappa shape index (κ1) is 20.5. The molecule has 1 unspecified atom stereocenters. The van der Waals surface area contributed by atoms with Gasteiger partial charge in [-0.1, -0.05) is 42.5 Å². The maximum absolute atomic E-state index is 15.2. The number of hydrogen-bond acceptors (Lipinski definition) is 4. The third kappa shape index (κ3) is 3.91. The lowest BCUT2D eigenvalue weighted by Gasteiger charge is -2.21. The average Bonchev–Trinajstić information content (AvgIpc) is 3.37. The Balaban J connectivity index is 1.52. The minimum Gasteiger partial charge on any atom is -0.489 e. The van der Waals surface area contributed by atoms with Gasteiger partial charge < -0.3 is 14.4 Å². The van der Waals surface area contributed by atoms with Crippen molar-refractivity contribution in [3.8, 4) is 17.1 Å². The van der Waals surface area contributed by atoms with Gasteiger partial charge in [0.25, 0.3) is 0 Å². The van der Waals surface area contributed by atoms with E-state index in [0.717, 1.165) is 41.7 Å². The van der Waals surface area contributed by atoms with Crippen LogP contribution in [0.3, 0.4) is 0 Å². The summed E-state index contributed by atoms with van der Waals surface area (Å²) in [5.41, 5.74) is 2.10. The monoisotopic (exact) mass is 448 g/mol. The summed E-state index contributed by atoms with van der Waals surface area (Å²) in [5, 5.41) is 9.38. The van der Waals surface area contributed by atoms with Crippen LogP contribution in [0, 0.1) is 5.82 Å². The van der Waals surface area contributed by atoms with Gasteiger partial charge in [0.2, 0.25) is 0 Å². The Morgan fingerprint density at radius 2 is 2.06 bits per heavy atom. The number of thiophene rings is 1. The molecule has 32 heavy (non-hydrogen) atoms. The quantitative estimate of drug-likeness (QED) is 0.344. The molecule has 0 bridgehead atoms. The van der Waals surface area contributed by atoms with Crippen molar-refractivity contribution in [3.63, 3.8) is 0 Å². The summed E-state index contributed by atoms with van der Waals surface area (Å²) in [7, 11) is 0. The van der Waals surface area contributed by atoms with Gasteiger partial charge in [0.05, 0.1) is 17.1 Å². The van der Waals surface area contributed by atoms with E-state index >= 15 is 4.39 Å². The summed E-state index contributed by atoms with van der Waals surface area (Å²) in [6.45, 7) is 0.356. The maximum atomic E-state index is 15.2. The number of allylic oxidation sites excluding steroid dienone is 2. The number of carbonyl (C=O) groups is 1. The van der Waals surface area contributed by atoms with E-state index in [9.17, 15) is 9.90 Å². The minimum atomic E-state index is -0.980. The van der Waals surface area contributed by atoms with E-state index in [1.165, 1.54) is 6.07 Å². The van der Waals surface area contributed by atoms with E-state index in [-0.39, 0.29) is 10.9 Å². The van der Waals surface area contributed by atoms with Crippen LogP contribution in [0.1, 0.15) is 40.5 Å². The van der Waals surface area contributed by atoms with Crippen LogP contribution in [0.25, 0.3) is 21.7 Å². The highest BCUT2D eigenvalue weighted by molar-refractivity contribution is 7.20. The molecule has 5 nitrogen and oxygen atoms in total. The SMILES string of the molecule is O=C(O)c1cc2c(nc(-c3ccc(OCc4ccccc4)cc3F)n2C2C=CCCC2)s1. The number of halogens is 1. The second-order valence-electron chi connectivity index (χ2n) is 7.75. The van der Waals surface area contributed by atoms with Crippen molar-refractivity contribution in [2.75, 3.05) is 0 Å². The van der Waals surface area contributed by atoms with E-state index in [1.807, 2.05) is 34.9 Å². The van der Waals surface area contributed by atoms with E-state index in [0.29, 0.717) is 28.6 Å². The normalized spacial score (nSPS) is 15.8. The third-order valence-electron chi connectivity index (χ3n) is 5.59. The lowest BCUT2D eigenvalue weighted by molar-refractivity contribution is 0.0702. The number of benzene rings is 2. The summed E-state index contributed by atoms with van der Waals surface area (Å²) in [4.78, 5) is 16.9. The molecule has 0 aliphatic heterocycles. The molecule has 0 spiro atoms. The van der Waals surface area contributed by atoms with Crippen molar-refractivity contribution in [2.24, 2.45) is 0 Å². The van der Waals surface area contributed by atoms with Crippen LogP contribution in [-0.4, -0.2) is 20.6 Å². The van der Waals surface area contributed by atoms with E-state index in [4.69, 9.17) is 4.74 Å². The molecule has 1 aliphatic carbocycles. The Morgan fingerprint density at radius 1 is 1.22 bits per heavy atom. The topological polar surface area (TPSA) is 64.3 Å². The zero-order chi connectivity index (χ0) is 22.1. The molecule has 4 aromatic rings. The maximum Gasteiger partial charge on any atom is 0.346 e. The molecule has 7 heteroatoms. The summed E-state index contributed by atoms with van der Waals surface area (Å²) in [6, 6.07) is 16.2. The van der Waals surface area contributed by atoms with Gasteiger partial charge in [0, 0.05) is 6.07 Å². The number of aromatic carboxylic acids is 1. The number of carboxylic acid groups (broad SMARTS) is 1. The molecule has 2 aromatic heterocycles. The van der Waals surface area contributed by atoms with Crippen molar-refractivity contribution >= 4 is 27.7 Å². The highest BCUT2D eigenvalue weighted by Gasteiger charge is 2.24. The minimum absolute atomic E-state index is 0.00778. The van der Waals surface area contributed by atoms with Gasteiger partial charge in [0.15, 0.2) is 0 Å². The number of ether oxygens (including phenoxy) is 1. The highest BCUT2D eigenvalue weighted by atomic mass is 32.1.